The molecule has 0 spiro atoms. The van der Waals surface area contributed by atoms with Crippen molar-refractivity contribution >= 4 is 23.2 Å². The van der Waals surface area contributed by atoms with Crippen LogP contribution in [0.1, 0.15) is 23.7 Å². The second-order valence-electron chi connectivity index (χ2n) is 7.31. The van der Waals surface area contributed by atoms with Crippen molar-refractivity contribution in [3.63, 3.8) is 0 Å². The Hall–Kier alpha value is -3.19. The normalized spacial score (nSPS) is 15.3. The second kappa shape index (κ2) is 9.31. The van der Waals surface area contributed by atoms with Crippen LogP contribution in [0.2, 0.25) is 0 Å². The van der Waals surface area contributed by atoms with Gasteiger partial charge in [-0.05, 0) is 42.3 Å². The van der Waals surface area contributed by atoms with Crippen LogP contribution >= 0.6 is 11.3 Å². The van der Waals surface area contributed by atoms with Crippen molar-refractivity contribution in [1.29, 1.82) is 0 Å². The Balaban J connectivity index is 1.50. The summed E-state index contributed by atoms with van der Waals surface area (Å²) >= 11 is 1.50. The maximum Gasteiger partial charge on any atom is 0.328 e. The van der Waals surface area contributed by atoms with Gasteiger partial charge in [0.1, 0.15) is 16.8 Å². The molecular weight excluding hydrogens is 412 g/mol. The monoisotopic (exact) mass is 436 g/mol. The fraction of sp³-hybridized carbons (Fsp3) is 0.292. The predicted octanol–water partition coefficient (Wildman–Crippen LogP) is 3.88. The van der Waals surface area contributed by atoms with Crippen molar-refractivity contribution in [1.82, 2.24) is 9.88 Å². The Bertz CT molecular complexity index is 1080. The molecule has 0 radical (unpaired) electrons. The van der Waals surface area contributed by atoms with Crippen molar-refractivity contribution in [2.75, 3.05) is 13.7 Å². The van der Waals surface area contributed by atoms with Gasteiger partial charge in [-0.2, -0.15) is 0 Å². The Kier molecular flexibility index (Phi) is 6.32. The van der Waals surface area contributed by atoms with E-state index in [9.17, 15) is 9.59 Å². The Labute approximate surface area is 185 Å². The summed E-state index contributed by atoms with van der Waals surface area (Å²) < 4.78 is 10.4. The van der Waals surface area contributed by atoms with E-state index in [0.717, 1.165) is 27.4 Å². The standard InChI is InChI=1S/C24H24N2O4S/c1-3-30-20-10-8-16(9-11-20)23-25-19(15-31-23)13-22(27)26-14-18-7-5-4-6-17(18)12-21(26)24(28)29-2/h4-11,15,21H,3,12-14H2,1-2H3. The number of benzene rings is 2. The van der Waals surface area contributed by atoms with Gasteiger partial charge in [0.25, 0.3) is 0 Å². The third-order valence-electron chi connectivity index (χ3n) is 5.34. The Morgan fingerprint density at radius 3 is 2.58 bits per heavy atom. The average Bonchev–Trinajstić information content (AvgIpc) is 3.26. The number of ether oxygens (including phenoxy) is 2. The van der Waals surface area contributed by atoms with E-state index in [-0.39, 0.29) is 12.3 Å². The van der Waals surface area contributed by atoms with Crippen LogP contribution in [0.25, 0.3) is 10.6 Å². The van der Waals surface area contributed by atoms with E-state index in [0.29, 0.717) is 25.3 Å². The highest BCUT2D eigenvalue weighted by atomic mass is 32.1. The number of hydrogen-bond acceptors (Lipinski definition) is 6. The fourth-order valence-corrected chi connectivity index (χ4v) is 4.60. The number of methoxy groups -OCH3 is 1. The van der Waals surface area contributed by atoms with E-state index in [1.165, 1.54) is 18.4 Å². The minimum absolute atomic E-state index is 0.131. The summed E-state index contributed by atoms with van der Waals surface area (Å²) in [5, 5.41) is 2.74. The lowest BCUT2D eigenvalue weighted by Crippen LogP contribution is -2.49. The Morgan fingerprint density at radius 1 is 1.13 bits per heavy atom. The number of thiazole rings is 1. The van der Waals surface area contributed by atoms with Crippen molar-refractivity contribution in [2.24, 2.45) is 0 Å². The number of fused-ring (bicyclic) bond motifs is 1. The highest BCUT2D eigenvalue weighted by Gasteiger charge is 2.35. The first-order valence-electron chi connectivity index (χ1n) is 10.2. The largest absolute Gasteiger partial charge is 0.494 e. The molecule has 2 aromatic carbocycles. The first-order chi connectivity index (χ1) is 15.1. The number of rotatable bonds is 6. The summed E-state index contributed by atoms with van der Waals surface area (Å²) in [6.45, 7) is 2.96. The molecule has 0 bridgehead atoms. The van der Waals surface area contributed by atoms with E-state index in [2.05, 4.69) is 4.98 Å². The molecule has 0 fully saturated rings. The predicted molar refractivity (Wildman–Crippen MR) is 119 cm³/mol. The zero-order valence-electron chi connectivity index (χ0n) is 17.5. The summed E-state index contributed by atoms with van der Waals surface area (Å²) in [4.78, 5) is 31.8. The van der Waals surface area contributed by atoms with Crippen LogP contribution in [0.3, 0.4) is 0 Å². The first-order valence-corrected chi connectivity index (χ1v) is 11.1. The first kappa shape index (κ1) is 21.1. The van der Waals surface area contributed by atoms with Gasteiger partial charge >= 0.3 is 5.97 Å². The number of esters is 1. The molecule has 31 heavy (non-hydrogen) atoms. The van der Waals surface area contributed by atoms with Crippen LogP contribution in [-0.2, 0) is 33.7 Å². The quantitative estimate of drug-likeness (QED) is 0.549. The maximum atomic E-state index is 13.1. The van der Waals surface area contributed by atoms with Crippen LogP contribution in [-0.4, -0.2) is 41.5 Å². The van der Waals surface area contributed by atoms with Crippen LogP contribution < -0.4 is 4.74 Å². The zero-order chi connectivity index (χ0) is 21.8. The number of hydrogen-bond donors (Lipinski definition) is 0. The third kappa shape index (κ3) is 4.61. The summed E-state index contributed by atoms with van der Waals surface area (Å²) in [6, 6.07) is 15.0. The zero-order valence-corrected chi connectivity index (χ0v) is 18.4. The molecule has 6 nitrogen and oxygen atoms in total. The summed E-state index contributed by atoms with van der Waals surface area (Å²) in [7, 11) is 1.36. The van der Waals surface area contributed by atoms with Gasteiger partial charge in [0.05, 0.1) is 25.8 Å². The highest BCUT2D eigenvalue weighted by Crippen LogP contribution is 2.28. The molecule has 0 N–H and O–H groups in total. The van der Waals surface area contributed by atoms with Crippen molar-refractivity contribution in [3.8, 4) is 16.3 Å². The van der Waals surface area contributed by atoms with Crippen molar-refractivity contribution < 1.29 is 19.1 Å². The van der Waals surface area contributed by atoms with Crippen LogP contribution in [0.15, 0.2) is 53.9 Å². The van der Waals surface area contributed by atoms with Crippen LogP contribution in [0.5, 0.6) is 5.75 Å². The highest BCUT2D eigenvalue weighted by molar-refractivity contribution is 7.13. The van der Waals surface area contributed by atoms with E-state index in [1.807, 2.05) is 60.8 Å². The molecule has 1 aliphatic rings. The van der Waals surface area contributed by atoms with E-state index < -0.39 is 12.0 Å². The topological polar surface area (TPSA) is 68.7 Å². The van der Waals surface area contributed by atoms with Gasteiger partial charge in [-0.25, -0.2) is 9.78 Å². The van der Waals surface area contributed by atoms with Gasteiger partial charge in [0.2, 0.25) is 5.91 Å². The van der Waals surface area contributed by atoms with Gasteiger partial charge < -0.3 is 14.4 Å². The number of carbonyl (C=O) groups is 2. The van der Waals surface area contributed by atoms with Crippen molar-refractivity contribution in [2.45, 2.75) is 32.4 Å². The van der Waals surface area contributed by atoms with Crippen molar-refractivity contribution in [3.05, 3.63) is 70.7 Å². The molecule has 2 heterocycles. The SMILES string of the molecule is CCOc1ccc(-c2nc(CC(=O)N3Cc4ccccc4CC3C(=O)OC)cs2)cc1. The molecule has 1 amide bonds. The van der Waals surface area contributed by atoms with E-state index >= 15 is 0 Å². The second-order valence-corrected chi connectivity index (χ2v) is 8.17. The molecule has 0 aliphatic carbocycles. The molecular formula is C24H24N2O4S. The molecule has 0 saturated carbocycles. The molecule has 4 rings (SSSR count). The number of carbonyl (C=O) groups excluding carboxylic acids is 2. The smallest absolute Gasteiger partial charge is 0.328 e. The lowest BCUT2D eigenvalue weighted by atomic mass is 9.93. The summed E-state index contributed by atoms with van der Waals surface area (Å²) in [6.07, 6.45) is 0.603. The minimum atomic E-state index is -0.614. The summed E-state index contributed by atoms with van der Waals surface area (Å²) in [5.41, 5.74) is 3.81. The third-order valence-corrected chi connectivity index (χ3v) is 6.28. The van der Waals surface area contributed by atoms with Gasteiger partial charge in [-0.1, -0.05) is 24.3 Å². The molecule has 1 atom stereocenters. The maximum absolute atomic E-state index is 13.1. The Morgan fingerprint density at radius 2 is 1.87 bits per heavy atom. The molecule has 160 valence electrons. The van der Waals surface area contributed by atoms with E-state index in [1.54, 1.807) is 4.90 Å². The van der Waals surface area contributed by atoms with Crippen LogP contribution in [0, 0.1) is 0 Å². The molecule has 1 aromatic heterocycles. The van der Waals surface area contributed by atoms with E-state index in [4.69, 9.17) is 9.47 Å². The van der Waals surface area contributed by atoms with Gasteiger partial charge in [0.15, 0.2) is 0 Å². The van der Waals surface area contributed by atoms with Gasteiger partial charge in [-0.15, -0.1) is 11.3 Å². The number of aromatic nitrogens is 1. The number of nitrogens with zero attached hydrogens (tertiary/aromatic N) is 2. The number of amides is 1. The molecule has 0 saturated heterocycles. The van der Waals surface area contributed by atoms with Crippen LogP contribution in [0.4, 0.5) is 0 Å². The molecule has 1 aliphatic heterocycles. The fourth-order valence-electron chi connectivity index (χ4n) is 3.77. The summed E-state index contributed by atoms with van der Waals surface area (Å²) in [5.74, 6) is 0.294. The van der Waals surface area contributed by atoms with Gasteiger partial charge in [0, 0.05) is 23.9 Å². The van der Waals surface area contributed by atoms with Gasteiger partial charge in [-0.3, -0.25) is 4.79 Å². The molecule has 7 heteroatoms. The average molecular weight is 437 g/mol. The molecule has 3 aromatic rings. The minimum Gasteiger partial charge on any atom is -0.494 e. The lowest BCUT2D eigenvalue weighted by Gasteiger charge is -2.35. The molecule has 1 unspecified atom stereocenters. The lowest BCUT2D eigenvalue weighted by molar-refractivity contribution is -0.153.